The average molecular weight is 189 g/mol. The maximum atomic E-state index is 4.43. The van der Waals surface area contributed by atoms with Gasteiger partial charge in [-0.15, -0.1) is 0 Å². The van der Waals surface area contributed by atoms with Crippen LogP contribution in [-0.2, 0) is 0 Å². The van der Waals surface area contributed by atoms with E-state index in [1.54, 1.807) is 0 Å². The number of imidazole rings is 1. The van der Waals surface area contributed by atoms with Crippen LogP contribution in [0, 0.1) is 5.41 Å². The van der Waals surface area contributed by atoms with Gasteiger partial charge in [0.25, 0.3) is 0 Å². The molecule has 1 aliphatic carbocycles. The van der Waals surface area contributed by atoms with Gasteiger partial charge in [0.2, 0.25) is 5.95 Å². The average Bonchev–Trinajstić information content (AvgIpc) is 2.41. The summed E-state index contributed by atoms with van der Waals surface area (Å²) < 4.78 is 0. The van der Waals surface area contributed by atoms with Crippen LogP contribution in [0.3, 0.4) is 0 Å². The molecular formula is C11H15N3. The minimum atomic E-state index is 0.0714. The predicted molar refractivity (Wildman–Crippen MR) is 59.2 cm³/mol. The number of aromatic nitrogens is 2. The number of anilines is 1. The van der Waals surface area contributed by atoms with Crippen LogP contribution in [0.1, 0.15) is 13.8 Å². The van der Waals surface area contributed by atoms with Crippen LogP contribution in [0.4, 0.5) is 5.95 Å². The second kappa shape index (κ2) is 3.01. The van der Waals surface area contributed by atoms with Crippen molar-refractivity contribution >= 4 is 18.1 Å². The summed E-state index contributed by atoms with van der Waals surface area (Å²) in [6.07, 6.45) is 8.45. The molecule has 14 heavy (non-hydrogen) atoms. The predicted octanol–water partition coefficient (Wildman–Crippen LogP) is 0.608. The van der Waals surface area contributed by atoms with Crippen molar-refractivity contribution in [3.63, 3.8) is 0 Å². The van der Waals surface area contributed by atoms with E-state index in [2.05, 4.69) is 53.4 Å². The molecule has 0 aliphatic heterocycles. The lowest BCUT2D eigenvalue weighted by molar-refractivity contribution is 0.669. The first-order chi connectivity index (χ1) is 6.61. The van der Waals surface area contributed by atoms with Crippen molar-refractivity contribution in [1.82, 2.24) is 9.97 Å². The molecule has 1 aromatic rings. The zero-order chi connectivity index (χ0) is 10.2. The van der Waals surface area contributed by atoms with Crippen LogP contribution in [0.25, 0.3) is 12.2 Å². The van der Waals surface area contributed by atoms with Crippen molar-refractivity contribution in [2.75, 3.05) is 12.4 Å². The molecular weight excluding hydrogens is 174 g/mol. The highest BCUT2D eigenvalue weighted by Gasteiger charge is 2.11. The third-order valence-electron chi connectivity index (χ3n) is 2.30. The van der Waals surface area contributed by atoms with Crippen molar-refractivity contribution in [3.8, 4) is 0 Å². The molecule has 3 nitrogen and oxygen atoms in total. The Labute approximate surface area is 83.3 Å². The zero-order valence-electron chi connectivity index (χ0n) is 8.76. The molecule has 1 aromatic heterocycles. The number of nitrogens with one attached hydrogen (secondary N) is 2. The quantitative estimate of drug-likeness (QED) is 0.679. The molecule has 0 fully saturated rings. The number of H-pyrrole nitrogens is 1. The summed E-state index contributed by atoms with van der Waals surface area (Å²) in [5, 5.41) is 5.08. The molecule has 0 unspecified atom stereocenters. The third-order valence-corrected chi connectivity index (χ3v) is 2.30. The largest absolute Gasteiger partial charge is 0.359 e. The van der Waals surface area contributed by atoms with Gasteiger partial charge in [-0.1, -0.05) is 26.0 Å². The van der Waals surface area contributed by atoms with Gasteiger partial charge in [-0.05, 0) is 12.2 Å². The summed E-state index contributed by atoms with van der Waals surface area (Å²) in [5.41, 5.74) is 0.0714. The van der Waals surface area contributed by atoms with E-state index >= 15 is 0 Å². The number of allylic oxidation sites excluding steroid dienone is 2. The van der Waals surface area contributed by atoms with Crippen molar-refractivity contribution in [2.45, 2.75) is 13.8 Å². The first kappa shape index (κ1) is 9.06. The van der Waals surface area contributed by atoms with E-state index in [1.807, 2.05) is 7.05 Å². The van der Waals surface area contributed by atoms with E-state index < -0.39 is 0 Å². The Kier molecular flexibility index (Phi) is 1.95. The van der Waals surface area contributed by atoms with Crippen LogP contribution < -0.4 is 16.0 Å². The topological polar surface area (TPSA) is 40.7 Å². The molecule has 0 atom stereocenters. The lowest BCUT2D eigenvalue weighted by Gasteiger charge is -2.11. The van der Waals surface area contributed by atoms with Crippen LogP contribution >= 0.6 is 0 Å². The molecule has 1 heterocycles. The third kappa shape index (κ3) is 1.58. The summed E-state index contributed by atoms with van der Waals surface area (Å²) in [7, 11) is 1.86. The highest BCUT2D eigenvalue weighted by atomic mass is 15.1. The Morgan fingerprint density at radius 3 is 2.93 bits per heavy atom. The number of aromatic amines is 1. The number of nitrogens with zero attached hydrogens (tertiary/aromatic N) is 1. The van der Waals surface area contributed by atoms with E-state index in [0.29, 0.717) is 0 Å². The van der Waals surface area contributed by atoms with Crippen LogP contribution in [0.5, 0.6) is 0 Å². The summed E-state index contributed by atoms with van der Waals surface area (Å²) in [6, 6.07) is 0. The number of hydrogen-bond acceptors (Lipinski definition) is 2. The standard InChI is InChI=1S/C11H15N3/c1-11(2)6-4-5-8-9(7-11)14-10(12-3)13-8/h4-7H,1-3H3,(H2,12,13,14). The monoisotopic (exact) mass is 189 g/mol. The highest BCUT2D eigenvalue weighted by molar-refractivity contribution is 5.47. The van der Waals surface area contributed by atoms with E-state index in [4.69, 9.17) is 0 Å². The second-order valence-corrected chi connectivity index (χ2v) is 4.13. The molecule has 0 bridgehead atoms. The molecule has 2 rings (SSSR count). The molecule has 3 heteroatoms. The van der Waals surface area contributed by atoms with Gasteiger partial charge in [0.15, 0.2) is 0 Å². The number of hydrogen-bond donors (Lipinski definition) is 2. The lowest BCUT2D eigenvalue weighted by atomic mass is 9.93. The number of fused-ring (bicyclic) bond motifs is 1. The van der Waals surface area contributed by atoms with E-state index in [-0.39, 0.29) is 5.41 Å². The summed E-state index contributed by atoms with van der Waals surface area (Å²) in [4.78, 5) is 7.63. The summed E-state index contributed by atoms with van der Waals surface area (Å²) in [6.45, 7) is 4.33. The lowest BCUT2D eigenvalue weighted by Crippen LogP contribution is -2.25. The molecule has 2 N–H and O–H groups in total. The molecule has 0 radical (unpaired) electrons. The first-order valence-electron chi connectivity index (χ1n) is 4.77. The van der Waals surface area contributed by atoms with E-state index in [1.165, 1.54) is 0 Å². The fourth-order valence-corrected chi connectivity index (χ4v) is 1.55. The second-order valence-electron chi connectivity index (χ2n) is 4.13. The zero-order valence-corrected chi connectivity index (χ0v) is 8.76. The molecule has 0 spiro atoms. The SMILES string of the molecule is CNc1nc2c([nH]1)=CC=CC(C)(C)C=2. The molecule has 0 aromatic carbocycles. The van der Waals surface area contributed by atoms with Gasteiger partial charge in [-0.3, -0.25) is 0 Å². The Morgan fingerprint density at radius 1 is 1.43 bits per heavy atom. The Bertz CT molecular complexity index is 477. The van der Waals surface area contributed by atoms with Crippen LogP contribution in [-0.4, -0.2) is 17.0 Å². The van der Waals surface area contributed by atoms with Crippen molar-refractivity contribution < 1.29 is 0 Å². The Balaban J connectivity index is 2.67. The van der Waals surface area contributed by atoms with Crippen LogP contribution in [0.2, 0.25) is 0 Å². The minimum absolute atomic E-state index is 0.0714. The van der Waals surface area contributed by atoms with Gasteiger partial charge in [-0.2, -0.15) is 0 Å². The maximum Gasteiger partial charge on any atom is 0.200 e. The smallest absolute Gasteiger partial charge is 0.200 e. The van der Waals surface area contributed by atoms with Crippen LogP contribution in [0.15, 0.2) is 12.2 Å². The van der Waals surface area contributed by atoms with Crippen molar-refractivity contribution in [2.24, 2.45) is 5.41 Å². The summed E-state index contributed by atoms with van der Waals surface area (Å²) in [5.74, 6) is 0.814. The molecule has 0 amide bonds. The van der Waals surface area contributed by atoms with Gasteiger partial charge in [0, 0.05) is 12.5 Å². The number of rotatable bonds is 1. The van der Waals surface area contributed by atoms with Crippen molar-refractivity contribution in [1.29, 1.82) is 0 Å². The Hall–Kier alpha value is -1.51. The van der Waals surface area contributed by atoms with Gasteiger partial charge in [-0.25, -0.2) is 4.98 Å². The first-order valence-corrected chi connectivity index (χ1v) is 4.77. The minimum Gasteiger partial charge on any atom is -0.359 e. The molecule has 74 valence electrons. The van der Waals surface area contributed by atoms with Gasteiger partial charge >= 0.3 is 0 Å². The maximum absolute atomic E-state index is 4.43. The highest BCUT2D eigenvalue weighted by Crippen LogP contribution is 2.19. The molecule has 0 saturated heterocycles. The fourth-order valence-electron chi connectivity index (χ4n) is 1.55. The molecule has 0 saturated carbocycles. The fraction of sp³-hybridized carbons (Fsp3) is 0.364. The normalized spacial score (nSPS) is 17.6. The van der Waals surface area contributed by atoms with E-state index in [0.717, 1.165) is 16.6 Å². The van der Waals surface area contributed by atoms with Gasteiger partial charge < -0.3 is 10.3 Å². The van der Waals surface area contributed by atoms with Gasteiger partial charge in [0.05, 0.1) is 10.7 Å². The Morgan fingerprint density at radius 2 is 2.21 bits per heavy atom. The van der Waals surface area contributed by atoms with E-state index in [9.17, 15) is 0 Å². The van der Waals surface area contributed by atoms with Crippen molar-refractivity contribution in [3.05, 3.63) is 22.9 Å². The van der Waals surface area contributed by atoms with Gasteiger partial charge in [0.1, 0.15) is 0 Å². The molecule has 1 aliphatic rings. The summed E-state index contributed by atoms with van der Waals surface area (Å²) >= 11 is 0.